The lowest BCUT2D eigenvalue weighted by atomic mass is 10.0. The van der Waals surface area contributed by atoms with Gasteiger partial charge in [0.05, 0.1) is 11.2 Å². The molecule has 1 aromatic rings. The van der Waals surface area contributed by atoms with E-state index in [1.807, 2.05) is 20.8 Å². The SMILES string of the molecule is CC(C)CC(C)N(C)C(=O)c1nc(C(C)C)ncc1Cl. The number of nitrogens with zero attached hydrogens (tertiary/aromatic N) is 3. The Morgan fingerprint density at radius 2 is 1.90 bits per heavy atom. The summed E-state index contributed by atoms with van der Waals surface area (Å²) in [5.74, 6) is 1.19. The quantitative estimate of drug-likeness (QED) is 0.831. The molecule has 0 radical (unpaired) electrons. The normalized spacial score (nSPS) is 12.8. The number of carbonyl (C=O) groups is 1. The van der Waals surface area contributed by atoms with E-state index in [4.69, 9.17) is 11.6 Å². The van der Waals surface area contributed by atoms with Crippen LogP contribution in [0.1, 0.15) is 63.3 Å². The van der Waals surface area contributed by atoms with Gasteiger partial charge in [-0.2, -0.15) is 0 Å². The minimum absolute atomic E-state index is 0.146. The Bertz CT molecular complexity index is 474. The molecule has 20 heavy (non-hydrogen) atoms. The lowest BCUT2D eigenvalue weighted by molar-refractivity contribution is 0.0722. The number of hydrogen-bond acceptors (Lipinski definition) is 3. The van der Waals surface area contributed by atoms with Gasteiger partial charge in [-0.1, -0.05) is 39.3 Å². The molecular formula is C15H24ClN3O. The fraction of sp³-hybridized carbons (Fsp3) is 0.667. The second kappa shape index (κ2) is 7.02. The van der Waals surface area contributed by atoms with Crippen LogP contribution in [0.25, 0.3) is 0 Å². The highest BCUT2D eigenvalue weighted by atomic mass is 35.5. The molecule has 1 amide bonds. The largest absolute Gasteiger partial charge is 0.338 e. The molecule has 0 spiro atoms. The van der Waals surface area contributed by atoms with Crippen LogP contribution in [0.3, 0.4) is 0 Å². The summed E-state index contributed by atoms with van der Waals surface area (Å²) in [5.41, 5.74) is 0.295. The zero-order valence-corrected chi connectivity index (χ0v) is 13.9. The lowest BCUT2D eigenvalue weighted by Crippen LogP contribution is -2.36. The summed E-state index contributed by atoms with van der Waals surface area (Å²) in [6.07, 6.45) is 2.46. The zero-order chi connectivity index (χ0) is 15.4. The van der Waals surface area contributed by atoms with Crippen LogP contribution in [0.5, 0.6) is 0 Å². The van der Waals surface area contributed by atoms with Gasteiger partial charge in [0, 0.05) is 19.0 Å². The van der Waals surface area contributed by atoms with Gasteiger partial charge in [0.15, 0.2) is 5.69 Å². The van der Waals surface area contributed by atoms with Gasteiger partial charge < -0.3 is 4.90 Å². The van der Waals surface area contributed by atoms with Crippen molar-refractivity contribution in [2.45, 2.75) is 53.0 Å². The molecule has 0 aliphatic rings. The van der Waals surface area contributed by atoms with Crippen molar-refractivity contribution in [3.05, 3.63) is 22.7 Å². The molecule has 1 rings (SSSR count). The van der Waals surface area contributed by atoms with Gasteiger partial charge in [-0.3, -0.25) is 4.79 Å². The Hall–Kier alpha value is -1.16. The van der Waals surface area contributed by atoms with Gasteiger partial charge in [0.25, 0.3) is 5.91 Å². The van der Waals surface area contributed by atoms with Gasteiger partial charge in [-0.05, 0) is 19.3 Å². The van der Waals surface area contributed by atoms with E-state index >= 15 is 0 Å². The maximum Gasteiger partial charge on any atom is 0.274 e. The highest BCUT2D eigenvalue weighted by Crippen LogP contribution is 2.19. The first-order valence-electron chi connectivity index (χ1n) is 7.03. The van der Waals surface area contributed by atoms with Crippen LogP contribution < -0.4 is 0 Å². The number of amides is 1. The van der Waals surface area contributed by atoms with E-state index in [0.717, 1.165) is 6.42 Å². The molecule has 112 valence electrons. The van der Waals surface area contributed by atoms with Crippen LogP contribution >= 0.6 is 11.6 Å². The fourth-order valence-corrected chi connectivity index (χ4v) is 2.19. The minimum atomic E-state index is -0.146. The van der Waals surface area contributed by atoms with Crippen molar-refractivity contribution in [3.63, 3.8) is 0 Å². The molecule has 1 atom stereocenters. The number of rotatable bonds is 5. The molecular weight excluding hydrogens is 274 g/mol. The predicted octanol–water partition coefficient (Wildman–Crippen LogP) is 3.76. The second-order valence-electron chi connectivity index (χ2n) is 5.97. The summed E-state index contributed by atoms with van der Waals surface area (Å²) < 4.78 is 0. The van der Waals surface area contributed by atoms with E-state index in [0.29, 0.717) is 22.5 Å². The smallest absolute Gasteiger partial charge is 0.274 e. The summed E-state index contributed by atoms with van der Waals surface area (Å²) in [5, 5.41) is 0.308. The van der Waals surface area contributed by atoms with Crippen molar-refractivity contribution in [3.8, 4) is 0 Å². The number of aromatic nitrogens is 2. The number of halogens is 1. The third kappa shape index (κ3) is 4.17. The first kappa shape index (κ1) is 16.9. The molecule has 4 nitrogen and oxygen atoms in total. The van der Waals surface area contributed by atoms with Crippen molar-refractivity contribution in [2.75, 3.05) is 7.05 Å². The molecule has 5 heteroatoms. The second-order valence-corrected chi connectivity index (χ2v) is 6.38. The van der Waals surface area contributed by atoms with Crippen molar-refractivity contribution >= 4 is 17.5 Å². The van der Waals surface area contributed by atoms with E-state index in [9.17, 15) is 4.79 Å². The maximum absolute atomic E-state index is 12.5. The average molecular weight is 298 g/mol. The maximum atomic E-state index is 12.5. The Morgan fingerprint density at radius 3 is 2.40 bits per heavy atom. The topological polar surface area (TPSA) is 46.1 Å². The van der Waals surface area contributed by atoms with E-state index in [-0.39, 0.29) is 17.9 Å². The van der Waals surface area contributed by atoms with Crippen molar-refractivity contribution in [1.82, 2.24) is 14.9 Å². The monoisotopic (exact) mass is 297 g/mol. The highest BCUT2D eigenvalue weighted by Gasteiger charge is 2.23. The third-order valence-corrected chi connectivity index (χ3v) is 3.55. The van der Waals surface area contributed by atoms with Crippen LogP contribution in [0.2, 0.25) is 5.02 Å². The van der Waals surface area contributed by atoms with Crippen LogP contribution in [-0.4, -0.2) is 33.9 Å². The first-order valence-corrected chi connectivity index (χ1v) is 7.41. The molecule has 1 unspecified atom stereocenters. The summed E-state index contributed by atoms with van der Waals surface area (Å²) >= 11 is 6.08. The average Bonchev–Trinajstić information content (AvgIpc) is 2.36. The molecule has 0 N–H and O–H groups in total. The van der Waals surface area contributed by atoms with Crippen molar-refractivity contribution < 1.29 is 4.79 Å². The van der Waals surface area contributed by atoms with E-state index < -0.39 is 0 Å². The van der Waals surface area contributed by atoms with E-state index in [1.165, 1.54) is 6.20 Å². The number of hydrogen-bond donors (Lipinski definition) is 0. The Kier molecular flexibility index (Phi) is 5.93. The molecule has 0 aliphatic carbocycles. The lowest BCUT2D eigenvalue weighted by Gasteiger charge is -2.26. The van der Waals surface area contributed by atoms with Gasteiger partial charge >= 0.3 is 0 Å². The van der Waals surface area contributed by atoms with E-state index in [1.54, 1.807) is 11.9 Å². The molecule has 0 saturated carbocycles. The van der Waals surface area contributed by atoms with Crippen LogP contribution in [0, 0.1) is 5.92 Å². The third-order valence-electron chi connectivity index (χ3n) is 3.28. The van der Waals surface area contributed by atoms with Gasteiger partial charge in [-0.15, -0.1) is 0 Å². The van der Waals surface area contributed by atoms with Gasteiger partial charge in [-0.25, -0.2) is 9.97 Å². The summed E-state index contributed by atoms with van der Waals surface area (Å²) in [7, 11) is 1.79. The van der Waals surface area contributed by atoms with Gasteiger partial charge in [0.2, 0.25) is 0 Å². The van der Waals surface area contributed by atoms with Crippen LogP contribution in [0.4, 0.5) is 0 Å². The minimum Gasteiger partial charge on any atom is -0.338 e. The van der Waals surface area contributed by atoms with Gasteiger partial charge in [0.1, 0.15) is 5.82 Å². The van der Waals surface area contributed by atoms with Crippen molar-refractivity contribution in [1.29, 1.82) is 0 Å². The molecule has 0 aliphatic heterocycles. The fourth-order valence-electron chi connectivity index (χ4n) is 2.02. The van der Waals surface area contributed by atoms with Crippen LogP contribution in [0.15, 0.2) is 6.20 Å². The Labute approximate surface area is 126 Å². The zero-order valence-electron chi connectivity index (χ0n) is 13.1. The Morgan fingerprint density at radius 1 is 1.30 bits per heavy atom. The Balaban J connectivity index is 2.99. The summed E-state index contributed by atoms with van der Waals surface area (Å²) in [6.45, 7) is 10.3. The highest BCUT2D eigenvalue weighted by molar-refractivity contribution is 6.33. The molecule has 0 saturated heterocycles. The molecule has 1 aromatic heterocycles. The molecule has 0 aromatic carbocycles. The van der Waals surface area contributed by atoms with Crippen LogP contribution in [-0.2, 0) is 0 Å². The molecule has 0 fully saturated rings. The van der Waals surface area contributed by atoms with Crippen molar-refractivity contribution in [2.24, 2.45) is 5.92 Å². The standard InChI is InChI=1S/C15H24ClN3O/c1-9(2)7-11(5)19(6)15(20)13-12(16)8-17-14(18-13)10(3)4/h8-11H,7H2,1-6H3. The summed E-state index contributed by atoms with van der Waals surface area (Å²) in [4.78, 5) is 22.7. The van der Waals surface area contributed by atoms with E-state index in [2.05, 4.69) is 23.8 Å². The predicted molar refractivity (Wildman–Crippen MR) is 82.1 cm³/mol. The number of carbonyl (C=O) groups excluding carboxylic acids is 1. The molecule has 0 bridgehead atoms. The summed E-state index contributed by atoms with van der Waals surface area (Å²) in [6, 6.07) is 0.149. The molecule has 1 heterocycles. The first-order chi connectivity index (χ1) is 9.23.